The zero-order valence-electron chi connectivity index (χ0n) is 12.4. The average Bonchev–Trinajstić information content (AvgIpc) is 2.36. The topological polar surface area (TPSA) is 20.3 Å². The van der Waals surface area contributed by atoms with Crippen LogP contribution in [-0.2, 0) is 4.79 Å². The van der Waals surface area contributed by atoms with Gasteiger partial charge in [0.25, 0.3) is 0 Å². The van der Waals surface area contributed by atoms with Crippen molar-refractivity contribution in [1.29, 1.82) is 0 Å². The standard InChI is InChI=1S/C15H29NO/c1-10(2)13-8-7-9-14(17)16(12(5)6)15(13)11(3)4/h10-13,15H,7-9H2,1-6H3. The third kappa shape index (κ3) is 3.23. The lowest BCUT2D eigenvalue weighted by Crippen LogP contribution is -2.50. The normalized spacial score (nSPS) is 27.1. The maximum Gasteiger partial charge on any atom is 0.223 e. The lowest BCUT2D eigenvalue weighted by atomic mass is 9.79. The Kier molecular flexibility index (Phi) is 5.03. The highest BCUT2D eigenvalue weighted by atomic mass is 16.2. The number of carbonyl (C=O) groups excluding carboxylic acids is 1. The molecule has 1 saturated heterocycles. The van der Waals surface area contributed by atoms with E-state index in [1.165, 1.54) is 6.42 Å². The van der Waals surface area contributed by atoms with Crippen LogP contribution in [0.2, 0.25) is 0 Å². The van der Waals surface area contributed by atoms with Gasteiger partial charge in [0, 0.05) is 18.5 Å². The summed E-state index contributed by atoms with van der Waals surface area (Å²) in [6.07, 6.45) is 3.01. The summed E-state index contributed by atoms with van der Waals surface area (Å²) < 4.78 is 0. The third-order valence-corrected chi connectivity index (χ3v) is 4.07. The minimum absolute atomic E-state index is 0.328. The van der Waals surface area contributed by atoms with Gasteiger partial charge in [-0.05, 0) is 44.4 Å². The fourth-order valence-electron chi connectivity index (χ4n) is 3.34. The number of amides is 1. The molecular weight excluding hydrogens is 210 g/mol. The van der Waals surface area contributed by atoms with Gasteiger partial charge < -0.3 is 4.90 Å². The fourth-order valence-corrected chi connectivity index (χ4v) is 3.34. The third-order valence-electron chi connectivity index (χ3n) is 4.07. The molecule has 100 valence electrons. The van der Waals surface area contributed by atoms with E-state index in [1.807, 2.05) is 0 Å². The molecule has 1 fully saturated rings. The monoisotopic (exact) mass is 239 g/mol. The molecule has 0 aromatic heterocycles. The van der Waals surface area contributed by atoms with Crippen LogP contribution in [0.1, 0.15) is 60.8 Å². The van der Waals surface area contributed by atoms with E-state index in [0.29, 0.717) is 35.7 Å². The van der Waals surface area contributed by atoms with Crippen LogP contribution in [0, 0.1) is 17.8 Å². The second kappa shape index (κ2) is 5.88. The minimum Gasteiger partial charge on any atom is -0.337 e. The Morgan fingerprint density at radius 1 is 1.06 bits per heavy atom. The van der Waals surface area contributed by atoms with Gasteiger partial charge in [0.15, 0.2) is 0 Å². The first-order valence-electron chi connectivity index (χ1n) is 7.17. The van der Waals surface area contributed by atoms with Crippen molar-refractivity contribution in [2.45, 2.75) is 72.9 Å². The van der Waals surface area contributed by atoms with Gasteiger partial charge >= 0.3 is 0 Å². The predicted octanol–water partition coefficient (Wildman–Crippen LogP) is 3.70. The summed E-state index contributed by atoms with van der Waals surface area (Å²) in [6, 6.07) is 0.749. The van der Waals surface area contributed by atoms with Crippen LogP contribution in [0.3, 0.4) is 0 Å². The smallest absolute Gasteiger partial charge is 0.223 e. The van der Waals surface area contributed by atoms with E-state index in [4.69, 9.17) is 0 Å². The van der Waals surface area contributed by atoms with Crippen LogP contribution >= 0.6 is 0 Å². The molecule has 17 heavy (non-hydrogen) atoms. The Hall–Kier alpha value is -0.530. The van der Waals surface area contributed by atoms with Crippen molar-refractivity contribution in [3.63, 3.8) is 0 Å². The van der Waals surface area contributed by atoms with Crippen molar-refractivity contribution in [2.75, 3.05) is 0 Å². The van der Waals surface area contributed by atoms with Crippen molar-refractivity contribution in [3.8, 4) is 0 Å². The molecule has 2 unspecified atom stereocenters. The molecule has 1 aliphatic rings. The molecule has 1 aliphatic heterocycles. The van der Waals surface area contributed by atoms with Gasteiger partial charge in [0.05, 0.1) is 0 Å². The first-order chi connectivity index (χ1) is 7.86. The number of hydrogen-bond donors (Lipinski definition) is 0. The summed E-state index contributed by atoms with van der Waals surface area (Å²) in [5.74, 6) is 2.23. The number of rotatable bonds is 3. The molecule has 1 heterocycles. The second-order valence-corrected chi connectivity index (χ2v) is 6.43. The molecule has 0 aromatic carbocycles. The zero-order chi connectivity index (χ0) is 13.2. The zero-order valence-corrected chi connectivity index (χ0v) is 12.4. The highest BCUT2D eigenvalue weighted by Gasteiger charge is 2.37. The van der Waals surface area contributed by atoms with Crippen LogP contribution in [0.25, 0.3) is 0 Å². The van der Waals surface area contributed by atoms with Crippen molar-refractivity contribution < 1.29 is 4.79 Å². The summed E-state index contributed by atoms with van der Waals surface area (Å²) in [5.41, 5.74) is 0. The van der Waals surface area contributed by atoms with Crippen LogP contribution in [0.15, 0.2) is 0 Å². The molecule has 0 aliphatic carbocycles. The van der Waals surface area contributed by atoms with Gasteiger partial charge in [-0.25, -0.2) is 0 Å². The first kappa shape index (κ1) is 14.5. The van der Waals surface area contributed by atoms with Gasteiger partial charge in [-0.2, -0.15) is 0 Å². The lowest BCUT2D eigenvalue weighted by molar-refractivity contribution is -0.137. The molecule has 0 bridgehead atoms. The number of nitrogens with zero attached hydrogens (tertiary/aromatic N) is 1. The van der Waals surface area contributed by atoms with Gasteiger partial charge in [-0.15, -0.1) is 0 Å². The SMILES string of the molecule is CC(C)C1CCCC(=O)N(C(C)C)C1C(C)C. The molecular formula is C15H29NO. The van der Waals surface area contributed by atoms with Gasteiger partial charge in [-0.1, -0.05) is 27.7 Å². The van der Waals surface area contributed by atoms with Gasteiger partial charge in [0.1, 0.15) is 0 Å². The van der Waals surface area contributed by atoms with Crippen molar-refractivity contribution in [3.05, 3.63) is 0 Å². The Morgan fingerprint density at radius 2 is 1.65 bits per heavy atom. The molecule has 2 heteroatoms. The second-order valence-electron chi connectivity index (χ2n) is 6.43. The van der Waals surface area contributed by atoms with Crippen LogP contribution in [0.4, 0.5) is 0 Å². The van der Waals surface area contributed by atoms with Crippen molar-refractivity contribution >= 4 is 5.91 Å². The van der Waals surface area contributed by atoms with Crippen molar-refractivity contribution in [1.82, 2.24) is 4.90 Å². The van der Waals surface area contributed by atoms with Crippen LogP contribution in [-0.4, -0.2) is 22.9 Å². The quantitative estimate of drug-likeness (QED) is 0.735. The maximum absolute atomic E-state index is 12.3. The molecule has 2 nitrogen and oxygen atoms in total. The molecule has 0 aromatic rings. The van der Waals surface area contributed by atoms with E-state index in [2.05, 4.69) is 46.4 Å². The predicted molar refractivity (Wildman–Crippen MR) is 72.8 cm³/mol. The van der Waals surface area contributed by atoms with E-state index in [1.54, 1.807) is 0 Å². The fraction of sp³-hybridized carbons (Fsp3) is 0.933. The Balaban J connectivity index is 3.05. The number of hydrogen-bond acceptors (Lipinski definition) is 1. The van der Waals surface area contributed by atoms with E-state index < -0.39 is 0 Å². The lowest BCUT2D eigenvalue weighted by Gasteiger charge is -2.42. The van der Waals surface area contributed by atoms with Crippen LogP contribution < -0.4 is 0 Å². The van der Waals surface area contributed by atoms with E-state index in [0.717, 1.165) is 12.8 Å². The van der Waals surface area contributed by atoms with E-state index in [9.17, 15) is 4.79 Å². The number of likely N-dealkylation sites (tertiary alicyclic amines) is 1. The largest absolute Gasteiger partial charge is 0.337 e. The minimum atomic E-state index is 0.328. The maximum atomic E-state index is 12.3. The van der Waals surface area contributed by atoms with E-state index >= 15 is 0 Å². The molecule has 0 radical (unpaired) electrons. The summed E-state index contributed by atoms with van der Waals surface area (Å²) in [4.78, 5) is 14.4. The highest BCUT2D eigenvalue weighted by Crippen LogP contribution is 2.34. The van der Waals surface area contributed by atoms with Gasteiger partial charge in [-0.3, -0.25) is 4.79 Å². The van der Waals surface area contributed by atoms with E-state index in [-0.39, 0.29) is 0 Å². The molecule has 0 N–H and O–H groups in total. The molecule has 1 rings (SSSR count). The molecule has 0 saturated carbocycles. The Morgan fingerprint density at radius 3 is 2.06 bits per heavy atom. The highest BCUT2D eigenvalue weighted by molar-refractivity contribution is 5.77. The molecule has 2 atom stereocenters. The Labute approximate surface area is 107 Å². The summed E-state index contributed by atoms with van der Waals surface area (Å²) >= 11 is 0. The average molecular weight is 239 g/mol. The number of carbonyl (C=O) groups is 1. The summed E-state index contributed by atoms with van der Waals surface area (Å²) in [5, 5.41) is 0. The summed E-state index contributed by atoms with van der Waals surface area (Å²) in [6.45, 7) is 13.4. The molecule has 1 amide bonds. The summed E-state index contributed by atoms with van der Waals surface area (Å²) in [7, 11) is 0. The first-order valence-corrected chi connectivity index (χ1v) is 7.17. The van der Waals surface area contributed by atoms with Crippen molar-refractivity contribution in [2.24, 2.45) is 17.8 Å². The molecule has 0 spiro atoms. The Bertz CT molecular complexity index is 258. The van der Waals surface area contributed by atoms with Gasteiger partial charge in [0.2, 0.25) is 5.91 Å². The van der Waals surface area contributed by atoms with Crippen LogP contribution in [0.5, 0.6) is 0 Å².